The second-order valence-electron chi connectivity index (χ2n) is 7.51. The molecule has 0 aromatic heterocycles. The zero-order valence-electron chi connectivity index (χ0n) is 16.2. The molecule has 0 saturated carbocycles. The molecule has 0 heterocycles. The minimum Gasteiger partial charge on any atom is -1.00 e. The van der Waals surface area contributed by atoms with E-state index in [9.17, 15) is 9.59 Å². The third-order valence-electron chi connectivity index (χ3n) is 5.40. The first-order valence-corrected chi connectivity index (χ1v) is 11.6. The Hall–Kier alpha value is -1.10. The van der Waals surface area contributed by atoms with Gasteiger partial charge in [0.1, 0.15) is 0 Å². The van der Waals surface area contributed by atoms with Gasteiger partial charge in [0, 0.05) is 0 Å². The molecule has 0 atom stereocenters. The number of carbonyl (C=O) groups is 2. The number of allylic oxidation sites excluding steroid dienone is 4. The molecular weight excluding hydrogens is 400 g/mol. The Bertz CT molecular complexity index is 674. The summed E-state index contributed by atoms with van der Waals surface area (Å²) in [5.74, 6) is -0.894. The van der Waals surface area contributed by atoms with Crippen LogP contribution < -0.4 is 12.4 Å². The number of halogens is 1. The molecule has 0 bridgehead atoms. The molecule has 0 aromatic rings. The van der Waals surface area contributed by atoms with Crippen LogP contribution in [-0.2, 0) is 34.9 Å². The monoisotopic (exact) mass is 426 g/mol. The van der Waals surface area contributed by atoms with Crippen LogP contribution in [0.15, 0.2) is 46.6 Å². The minimum absolute atomic E-state index is 0. The van der Waals surface area contributed by atoms with E-state index in [1.807, 2.05) is 0 Å². The van der Waals surface area contributed by atoms with E-state index >= 15 is 0 Å². The maximum Gasteiger partial charge on any atom is -1.00 e. The van der Waals surface area contributed by atoms with Crippen LogP contribution in [0.5, 0.6) is 0 Å². The first-order chi connectivity index (χ1) is 12.4. The van der Waals surface area contributed by atoms with E-state index in [4.69, 9.17) is 6.64 Å². The molecule has 0 aliphatic heterocycles. The quantitative estimate of drug-likeness (QED) is 0.500. The summed E-state index contributed by atoms with van der Waals surface area (Å²) in [7, 11) is 0. The zero-order chi connectivity index (χ0) is 18.8. The van der Waals surface area contributed by atoms with Gasteiger partial charge in [0.05, 0.1) is 0 Å². The molecule has 0 spiro atoms. The van der Waals surface area contributed by atoms with Gasteiger partial charge in [-0.25, -0.2) is 0 Å². The van der Waals surface area contributed by atoms with Gasteiger partial charge in [0.25, 0.3) is 0 Å². The summed E-state index contributed by atoms with van der Waals surface area (Å²) in [6.45, 7) is 10.6. The number of hydrogen-bond donors (Lipinski definition) is 0. The fourth-order valence-electron chi connectivity index (χ4n) is 4.17. The molecule has 0 unspecified atom stereocenters. The fraction of sp³-hybridized carbons (Fsp3) is 0.524. The molecule has 4 nitrogen and oxygen atoms in total. The van der Waals surface area contributed by atoms with Gasteiger partial charge in [-0.3, -0.25) is 0 Å². The van der Waals surface area contributed by atoms with Gasteiger partial charge in [0.15, 0.2) is 0 Å². The summed E-state index contributed by atoms with van der Waals surface area (Å²) in [5.41, 5.74) is 6.44. The number of carbonyl (C=O) groups excluding carboxylic acids is 2. The van der Waals surface area contributed by atoms with Gasteiger partial charge >= 0.3 is 163 Å². The molecule has 3 aliphatic carbocycles. The molecule has 0 saturated heterocycles. The van der Waals surface area contributed by atoms with Crippen LogP contribution in [0.2, 0.25) is 4.22 Å². The van der Waals surface area contributed by atoms with Gasteiger partial charge < -0.3 is 12.4 Å². The Kier molecular flexibility index (Phi) is 7.73. The molecule has 0 radical (unpaired) electrons. The van der Waals surface area contributed by atoms with Crippen molar-refractivity contribution in [2.24, 2.45) is 0 Å². The van der Waals surface area contributed by atoms with E-state index in [0.29, 0.717) is 11.1 Å². The Morgan fingerprint density at radius 3 is 1.56 bits per heavy atom. The van der Waals surface area contributed by atoms with Gasteiger partial charge in [-0.05, 0) is 0 Å². The summed E-state index contributed by atoms with van der Waals surface area (Å²) in [5, 5.41) is 0. The van der Waals surface area contributed by atoms with Crippen LogP contribution in [0.4, 0.5) is 0 Å². The average Bonchev–Trinajstić information content (AvgIpc) is 2.95. The van der Waals surface area contributed by atoms with E-state index in [1.165, 1.54) is 35.1 Å². The summed E-state index contributed by atoms with van der Waals surface area (Å²) in [6.07, 6.45) is 9.02. The maximum absolute atomic E-state index is 12.3. The van der Waals surface area contributed by atoms with Crippen molar-refractivity contribution in [2.75, 3.05) is 0 Å². The average molecular weight is 427 g/mol. The Morgan fingerprint density at radius 1 is 0.815 bits per heavy atom. The van der Waals surface area contributed by atoms with Crippen LogP contribution >= 0.6 is 0 Å². The summed E-state index contributed by atoms with van der Waals surface area (Å²) >= 11 is -2.98. The van der Waals surface area contributed by atoms with Crippen LogP contribution in [0.3, 0.4) is 0 Å². The van der Waals surface area contributed by atoms with Crippen LogP contribution in [0.25, 0.3) is 0 Å². The van der Waals surface area contributed by atoms with Crippen LogP contribution in [0, 0.1) is 0 Å². The first kappa shape index (κ1) is 22.2. The van der Waals surface area contributed by atoms with Crippen molar-refractivity contribution in [3.05, 3.63) is 46.6 Å². The second-order valence-corrected chi connectivity index (χ2v) is 10.0. The van der Waals surface area contributed by atoms with Gasteiger partial charge in [0.2, 0.25) is 0 Å². The van der Waals surface area contributed by atoms with Gasteiger partial charge in [-0.2, -0.15) is 0 Å². The van der Waals surface area contributed by atoms with Crippen molar-refractivity contribution in [1.29, 1.82) is 0 Å². The van der Waals surface area contributed by atoms with Crippen molar-refractivity contribution >= 4 is 11.9 Å². The smallest absolute Gasteiger partial charge is 1.00 e. The zero-order valence-corrected chi connectivity index (χ0v) is 18.5. The molecule has 0 fully saturated rings. The third-order valence-corrected chi connectivity index (χ3v) is 8.43. The van der Waals surface area contributed by atoms with Crippen molar-refractivity contribution in [1.82, 2.24) is 0 Å². The molecule has 0 N–H and O–H groups in total. The standard InChI is InChI=1S/C13H17.2C4H6O2.ClH.Ti/c1-3-7-12-10(5-1)9-11-6-2-4-8-13(11)12;2*1-3(2)4(5)6;;/h9H,1-8H2;2*1H2,2H3,(H,5,6);1H;/q;;;;+3/p-3. The molecule has 27 heavy (non-hydrogen) atoms. The normalized spacial score (nSPS) is 18.9. The largest absolute Gasteiger partial charge is 1.00 e. The molecule has 0 aromatic carbocycles. The van der Waals surface area contributed by atoms with Crippen LogP contribution in [0.1, 0.15) is 65.2 Å². The van der Waals surface area contributed by atoms with Gasteiger partial charge in [-0.15, -0.1) is 0 Å². The van der Waals surface area contributed by atoms with Crippen molar-refractivity contribution < 1.29 is 47.3 Å². The maximum atomic E-state index is 12.3. The summed E-state index contributed by atoms with van der Waals surface area (Å²) < 4.78 is 11.6. The van der Waals surface area contributed by atoms with Crippen molar-refractivity contribution in [3.8, 4) is 0 Å². The molecule has 3 aliphatic rings. The number of rotatable bonds is 5. The molecule has 6 heteroatoms. The van der Waals surface area contributed by atoms with E-state index in [2.05, 4.69) is 13.2 Å². The predicted octanol–water partition coefficient (Wildman–Crippen LogP) is 2.22. The molecular formula is C21H27ClO4Ti. The third kappa shape index (κ3) is 4.67. The SMILES string of the molecule is C=C(C)C(=O)[O][Ti+]([O]C(=O)C(=C)C)[CH]1C2=C(CCCC2)C2=C1CCCC2.[Cl-]. The van der Waals surface area contributed by atoms with Crippen molar-refractivity contribution in [2.45, 2.75) is 69.4 Å². The molecule has 146 valence electrons. The predicted molar refractivity (Wildman–Crippen MR) is 96.6 cm³/mol. The first-order valence-electron chi connectivity index (χ1n) is 9.46. The summed E-state index contributed by atoms with van der Waals surface area (Å²) in [4.78, 5) is 24.5. The second kappa shape index (κ2) is 9.40. The summed E-state index contributed by atoms with van der Waals surface area (Å²) in [6, 6.07) is 0. The fourth-order valence-corrected chi connectivity index (χ4v) is 7.61. The van der Waals surface area contributed by atoms with E-state index in [-0.39, 0.29) is 16.6 Å². The Labute approximate surface area is 174 Å². The van der Waals surface area contributed by atoms with Crippen molar-refractivity contribution in [3.63, 3.8) is 0 Å². The molecule has 3 rings (SSSR count). The van der Waals surface area contributed by atoms with Crippen LogP contribution in [-0.4, -0.2) is 11.9 Å². The Morgan fingerprint density at radius 2 is 1.19 bits per heavy atom. The number of fused-ring (bicyclic) bond motifs is 1. The van der Waals surface area contributed by atoms with E-state index in [1.54, 1.807) is 13.8 Å². The van der Waals surface area contributed by atoms with Gasteiger partial charge in [-0.1, -0.05) is 0 Å². The minimum atomic E-state index is -2.98. The Balaban J connectivity index is 0.00000261. The van der Waals surface area contributed by atoms with E-state index in [0.717, 1.165) is 38.5 Å². The molecule has 0 amide bonds. The number of hydrogen-bond acceptors (Lipinski definition) is 4. The van der Waals surface area contributed by atoms with E-state index < -0.39 is 30.6 Å². The topological polar surface area (TPSA) is 52.6 Å².